The molecule has 1 aromatic heterocycles. The zero-order valence-corrected chi connectivity index (χ0v) is 14.6. The second-order valence-corrected chi connectivity index (χ2v) is 6.67. The molecule has 0 radical (unpaired) electrons. The van der Waals surface area contributed by atoms with Gasteiger partial charge in [-0.1, -0.05) is 45.9 Å². The molecule has 0 bridgehead atoms. The number of hydrogen-bond acceptors (Lipinski definition) is 1. The van der Waals surface area contributed by atoms with E-state index in [-0.39, 0.29) is 24.3 Å². The Morgan fingerprint density at radius 3 is 2.35 bits per heavy atom. The van der Waals surface area contributed by atoms with E-state index in [4.69, 9.17) is 4.98 Å². The van der Waals surface area contributed by atoms with Gasteiger partial charge in [-0.05, 0) is 12.1 Å². The largest absolute Gasteiger partial charge is 1.00 e. The first-order valence-electron chi connectivity index (χ1n) is 7.59. The molecular formula is C20H21LiN2. The Balaban J connectivity index is 0.00000192. The summed E-state index contributed by atoms with van der Waals surface area (Å²) in [6.45, 7) is 8.74. The number of benzene rings is 2. The quantitative estimate of drug-likeness (QED) is 0.522. The van der Waals surface area contributed by atoms with Gasteiger partial charge in [-0.15, -0.1) is 35.4 Å². The summed E-state index contributed by atoms with van der Waals surface area (Å²) in [5.41, 5.74) is 4.59. The Kier molecular flexibility index (Phi) is 5.19. The molecule has 3 aromatic rings. The van der Waals surface area contributed by atoms with Gasteiger partial charge in [-0.25, -0.2) is 0 Å². The minimum atomic E-state index is 0. The van der Waals surface area contributed by atoms with E-state index in [1.807, 2.05) is 18.3 Å². The minimum Gasteiger partial charge on any atom is -0.337 e. The van der Waals surface area contributed by atoms with Crippen LogP contribution in [0, 0.1) is 13.0 Å². The Morgan fingerprint density at radius 2 is 1.74 bits per heavy atom. The molecule has 112 valence electrons. The van der Waals surface area contributed by atoms with Crippen LogP contribution in [0.2, 0.25) is 0 Å². The Morgan fingerprint density at radius 1 is 1.04 bits per heavy atom. The molecule has 0 saturated carbocycles. The minimum absolute atomic E-state index is 0. The summed E-state index contributed by atoms with van der Waals surface area (Å²) in [7, 11) is 0. The van der Waals surface area contributed by atoms with Gasteiger partial charge in [0.25, 0.3) is 0 Å². The monoisotopic (exact) mass is 296 g/mol. The Hall–Kier alpha value is -1.75. The van der Waals surface area contributed by atoms with E-state index in [2.05, 4.69) is 74.7 Å². The van der Waals surface area contributed by atoms with Crippen LogP contribution in [0.4, 0.5) is 0 Å². The number of hydrogen-bond donors (Lipinski definition) is 0. The van der Waals surface area contributed by atoms with Gasteiger partial charge < -0.3 is 4.57 Å². The molecular weight excluding hydrogens is 275 g/mol. The molecule has 3 rings (SSSR count). The first-order valence-corrected chi connectivity index (χ1v) is 7.59. The molecule has 0 atom stereocenters. The van der Waals surface area contributed by atoms with Crippen LogP contribution >= 0.6 is 0 Å². The third-order valence-corrected chi connectivity index (χ3v) is 3.74. The van der Waals surface area contributed by atoms with Crippen LogP contribution in [0.25, 0.3) is 17.1 Å². The van der Waals surface area contributed by atoms with Crippen molar-refractivity contribution in [3.63, 3.8) is 0 Å². The van der Waals surface area contributed by atoms with Gasteiger partial charge in [0.05, 0.1) is 5.82 Å². The van der Waals surface area contributed by atoms with E-state index in [0.717, 1.165) is 17.1 Å². The van der Waals surface area contributed by atoms with E-state index in [9.17, 15) is 0 Å². The maximum absolute atomic E-state index is 4.70. The molecule has 0 fully saturated rings. The van der Waals surface area contributed by atoms with Crippen molar-refractivity contribution >= 4 is 0 Å². The maximum Gasteiger partial charge on any atom is 1.00 e. The third-order valence-electron chi connectivity index (χ3n) is 3.74. The van der Waals surface area contributed by atoms with Crippen LogP contribution in [0.3, 0.4) is 0 Å². The molecule has 0 aliphatic heterocycles. The molecule has 0 aliphatic rings. The van der Waals surface area contributed by atoms with E-state index in [1.54, 1.807) is 0 Å². The van der Waals surface area contributed by atoms with Crippen molar-refractivity contribution in [2.75, 3.05) is 0 Å². The number of aromatic nitrogens is 2. The molecule has 0 amide bonds. The summed E-state index contributed by atoms with van der Waals surface area (Å²) in [5.74, 6) is 0.944. The molecule has 23 heavy (non-hydrogen) atoms. The van der Waals surface area contributed by atoms with E-state index in [0.29, 0.717) is 0 Å². The number of rotatable bonds is 2. The maximum atomic E-state index is 4.70. The van der Waals surface area contributed by atoms with Crippen LogP contribution in [0.5, 0.6) is 0 Å². The second-order valence-electron chi connectivity index (χ2n) is 6.67. The van der Waals surface area contributed by atoms with Gasteiger partial charge in [0, 0.05) is 23.0 Å². The summed E-state index contributed by atoms with van der Waals surface area (Å²) >= 11 is 0. The third kappa shape index (κ3) is 3.60. The topological polar surface area (TPSA) is 17.8 Å². The molecule has 0 aliphatic carbocycles. The van der Waals surface area contributed by atoms with Gasteiger partial charge in [0.1, 0.15) is 0 Å². The Bertz CT molecular complexity index is 783. The van der Waals surface area contributed by atoms with Crippen molar-refractivity contribution in [1.29, 1.82) is 0 Å². The van der Waals surface area contributed by atoms with Crippen molar-refractivity contribution < 1.29 is 18.9 Å². The predicted molar refractivity (Wildman–Crippen MR) is 91.3 cm³/mol. The first-order chi connectivity index (χ1) is 10.5. The van der Waals surface area contributed by atoms with Crippen LogP contribution in [0.1, 0.15) is 32.0 Å². The van der Waals surface area contributed by atoms with Gasteiger partial charge in [0.2, 0.25) is 0 Å². The molecule has 3 heteroatoms. The molecule has 2 aromatic carbocycles. The average molecular weight is 296 g/mol. The molecule has 0 saturated heterocycles. The van der Waals surface area contributed by atoms with Crippen molar-refractivity contribution in [3.8, 4) is 17.1 Å². The van der Waals surface area contributed by atoms with E-state index in [1.165, 1.54) is 11.3 Å². The molecule has 0 N–H and O–H groups in total. The van der Waals surface area contributed by atoms with Crippen LogP contribution in [0.15, 0.2) is 54.7 Å². The van der Waals surface area contributed by atoms with Crippen LogP contribution in [-0.2, 0) is 5.41 Å². The fourth-order valence-electron chi connectivity index (χ4n) is 2.62. The van der Waals surface area contributed by atoms with Crippen molar-refractivity contribution in [1.82, 2.24) is 9.55 Å². The number of para-hydroxylation sites is 1. The smallest absolute Gasteiger partial charge is 0.337 e. The number of nitrogens with zero attached hydrogens (tertiary/aromatic N) is 2. The fourth-order valence-corrected chi connectivity index (χ4v) is 2.62. The summed E-state index contributed by atoms with van der Waals surface area (Å²) < 4.78 is 2.24. The zero-order valence-electron chi connectivity index (χ0n) is 14.6. The van der Waals surface area contributed by atoms with Gasteiger partial charge >= 0.3 is 18.9 Å². The summed E-state index contributed by atoms with van der Waals surface area (Å²) in [6.07, 6.45) is 1.98. The van der Waals surface area contributed by atoms with E-state index < -0.39 is 0 Å². The van der Waals surface area contributed by atoms with Gasteiger partial charge in [-0.3, -0.25) is 4.98 Å². The molecule has 1 heterocycles. The van der Waals surface area contributed by atoms with Crippen LogP contribution < -0.4 is 18.9 Å². The van der Waals surface area contributed by atoms with Crippen molar-refractivity contribution in [2.24, 2.45) is 0 Å². The van der Waals surface area contributed by atoms with Gasteiger partial charge in [0.15, 0.2) is 0 Å². The summed E-state index contributed by atoms with van der Waals surface area (Å²) in [4.78, 5) is 4.70. The zero-order chi connectivity index (χ0) is 15.7. The number of imidazole rings is 1. The summed E-state index contributed by atoms with van der Waals surface area (Å²) in [5, 5.41) is 0. The van der Waals surface area contributed by atoms with Crippen molar-refractivity contribution in [3.05, 3.63) is 72.1 Å². The SMILES string of the molecule is Cc1cc[c-]c(-c2ncc(C(C)(C)C)n2-c2ccccc2)c1.[Li+]. The van der Waals surface area contributed by atoms with Crippen LogP contribution in [-0.4, -0.2) is 9.55 Å². The predicted octanol–water partition coefficient (Wildman–Crippen LogP) is 1.95. The van der Waals surface area contributed by atoms with Crippen molar-refractivity contribution in [2.45, 2.75) is 33.1 Å². The fraction of sp³-hybridized carbons (Fsp3) is 0.250. The normalized spacial score (nSPS) is 11.1. The molecule has 0 spiro atoms. The molecule has 2 nitrogen and oxygen atoms in total. The average Bonchev–Trinajstić information content (AvgIpc) is 2.93. The number of aryl methyl sites for hydroxylation is 1. The van der Waals surface area contributed by atoms with E-state index >= 15 is 0 Å². The summed E-state index contributed by atoms with van der Waals surface area (Å²) in [6, 6.07) is 19.9. The van der Waals surface area contributed by atoms with Gasteiger partial charge in [-0.2, -0.15) is 0 Å². The first kappa shape index (κ1) is 17.6. The molecule has 0 unspecified atom stereocenters. The second kappa shape index (κ2) is 6.79. The Labute approximate surface area is 150 Å². The standard InChI is InChI=1S/C20H21N2.Li/c1-15-9-8-10-16(13-15)19-21-14-18(20(2,3)4)22(19)17-11-6-5-7-12-17;/h5-9,11-14H,1-4H3;/q-1;+1.